The van der Waals surface area contributed by atoms with Crippen LogP contribution in [0.5, 0.6) is 0 Å². The first-order chi connectivity index (χ1) is 20.3. The van der Waals surface area contributed by atoms with Crippen molar-refractivity contribution >= 4 is 44.1 Å². The summed E-state index contributed by atoms with van der Waals surface area (Å²) >= 11 is 1.55. The van der Waals surface area contributed by atoms with E-state index in [1.807, 2.05) is 35.7 Å². The summed E-state index contributed by atoms with van der Waals surface area (Å²) < 4.78 is 72.0. The van der Waals surface area contributed by atoms with Crippen LogP contribution in [0.2, 0.25) is 0 Å². The molecule has 1 aliphatic rings. The zero-order valence-corrected chi connectivity index (χ0v) is 25.5. The Morgan fingerprint density at radius 2 is 1.86 bits per heavy atom. The second-order valence-electron chi connectivity index (χ2n) is 10.4. The normalized spacial score (nSPS) is 15.4. The van der Waals surface area contributed by atoms with Crippen molar-refractivity contribution in [2.24, 2.45) is 5.73 Å². The smallest absolute Gasteiger partial charge is 0.457 e. The number of amides is 1. The van der Waals surface area contributed by atoms with Crippen molar-refractivity contribution in [3.8, 4) is 11.1 Å². The van der Waals surface area contributed by atoms with Crippen LogP contribution in [0.3, 0.4) is 0 Å². The highest BCUT2D eigenvalue weighted by molar-refractivity contribution is 7.89. The molecule has 236 valence electrons. The molecule has 3 heterocycles. The highest BCUT2D eigenvalue weighted by atomic mass is 32.2. The molecular formula is C28H35F3N4O6S2. The van der Waals surface area contributed by atoms with E-state index in [1.54, 1.807) is 28.6 Å². The molecule has 0 unspecified atom stereocenters. The number of alkyl halides is 3. The van der Waals surface area contributed by atoms with Crippen molar-refractivity contribution in [2.75, 3.05) is 52.3 Å². The summed E-state index contributed by atoms with van der Waals surface area (Å²) in [5.74, 6) is -2.57. The summed E-state index contributed by atoms with van der Waals surface area (Å²) in [5, 5.41) is 2.90. The first-order valence-electron chi connectivity index (χ1n) is 13.8. The molecule has 1 aliphatic heterocycles. The Morgan fingerprint density at radius 3 is 2.51 bits per heavy atom. The van der Waals surface area contributed by atoms with Crippen LogP contribution in [0, 0.1) is 0 Å². The number of thiophene rings is 1. The van der Waals surface area contributed by atoms with Crippen LogP contribution in [-0.2, 0) is 30.8 Å². The molecule has 3 N–H and O–H groups in total. The average Bonchev–Trinajstić information content (AvgIpc) is 3.61. The number of H-pyrrole nitrogens is 1. The molecular weight excluding hydrogens is 609 g/mol. The quantitative estimate of drug-likeness (QED) is 0.212. The molecule has 0 bridgehead atoms. The monoisotopic (exact) mass is 644 g/mol. The van der Waals surface area contributed by atoms with Crippen LogP contribution in [0.25, 0.3) is 22.0 Å². The van der Waals surface area contributed by atoms with Crippen molar-refractivity contribution in [1.29, 1.82) is 0 Å². The highest BCUT2D eigenvalue weighted by Gasteiger charge is 2.40. The molecule has 0 saturated carbocycles. The number of halogens is 3. The summed E-state index contributed by atoms with van der Waals surface area (Å²) in [6.07, 6.45) is -1.76. The van der Waals surface area contributed by atoms with Gasteiger partial charge in [-0.25, -0.2) is 17.5 Å². The maximum Gasteiger partial charge on any atom is 0.490 e. The largest absolute Gasteiger partial charge is 0.490 e. The summed E-state index contributed by atoms with van der Waals surface area (Å²) in [7, 11) is -1.35. The van der Waals surface area contributed by atoms with Gasteiger partial charge < -0.3 is 20.2 Å². The number of sulfonamides is 1. The number of nitrogens with one attached hydrogen (secondary N) is 1. The third-order valence-electron chi connectivity index (χ3n) is 7.46. The summed E-state index contributed by atoms with van der Waals surface area (Å²) in [5.41, 5.74) is 9.61. The maximum absolute atomic E-state index is 12.4. The summed E-state index contributed by atoms with van der Waals surface area (Å²) in [4.78, 5) is 29.4. The zero-order valence-electron chi connectivity index (χ0n) is 23.9. The Hall–Kier alpha value is -2.98. The van der Waals surface area contributed by atoms with Crippen molar-refractivity contribution < 1.29 is 40.7 Å². The molecule has 2 aromatic heterocycles. The lowest BCUT2D eigenvalue weighted by Crippen LogP contribution is -2.38. The lowest BCUT2D eigenvalue weighted by Gasteiger charge is -2.31. The van der Waals surface area contributed by atoms with Crippen molar-refractivity contribution in [3.05, 3.63) is 45.8 Å². The minimum atomic E-state index is -5.02. The SMILES string of the molecule is CCS(=O)(=O)N1CCC(c2c[nH]c3c(C(N)=O)cc(-c4csc(CN(C)CCOCCOC(=O)C(F)(F)F)c4)cc23)CC1. The minimum absolute atomic E-state index is 0.0786. The van der Waals surface area contributed by atoms with Crippen molar-refractivity contribution in [2.45, 2.75) is 38.4 Å². The molecule has 15 heteroatoms. The average molecular weight is 645 g/mol. The van der Waals surface area contributed by atoms with E-state index in [0.717, 1.165) is 27.0 Å². The molecule has 10 nitrogen and oxygen atoms in total. The number of aromatic nitrogens is 1. The lowest BCUT2D eigenvalue weighted by atomic mass is 9.88. The Labute approximate surface area is 252 Å². The lowest BCUT2D eigenvalue weighted by molar-refractivity contribution is -0.200. The van der Waals surface area contributed by atoms with Gasteiger partial charge in [0.15, 0.2) is 0 Å². The number of carbonyl (C=O) groups is 2. The molecule has 4 rings (SSSR count). The topological polar surface area (TPSA) is 135 Å². The van der Waals surface area contributed by atoms with Gasteiger partial charge in [-0.15, -0.1) is 11.3 Å². The second-order valence-corrected chi connectivity index (χ2v) is 13.7. The third kappa shape index (κ3) is 8.15. The standard InChI is InChI=1S/C28H35F3N4O6S2/c1-3-43(38,39)35-6-4-18(5-7-35)24-15-33-25-22(24)13-19(14-23(25)26(32)36)20-12-21(42-17-20)16-34(2)8-9-40-10-11-41-27(37)28(29,30)31/h12-15,17-18,33H,3-11,16H2,1-2H3,(H2,32,36). The molecule has 1 aromatic carbocycles. The number of carbonyl (C=O) groups excluding carboxylic acids is 2. The number of aromatic amines is 1. The van der Waals surface area contributed by atoms with Gasteiger partial charge in [0.25, 0.3) is 5.91 Å². The van der Waals surface area contributed by atoms with Crippen LogP contribution in [0.15, 0.2) is 29.8 Å². The van der Waals surface area contributed by atoms with E-state index in [9.17, 15) is 31.2 Å². The Bertz CT molecular complexity index is 1550. The van der Waals surface area contributed by atoms with Gasteiger partial charge in [0, 0.05) is 42.6 Å². The first-order valence-corrected chi connectivity index (χ1v) is 16.3. The van der Waals surface area contributed by atoms with Crippen LogP contribution in [-0.4, -0.2) is 92.9 Å². The summed E-state index contributed by atoms with van der Waals surface area (Å²) in [6, 6.07) is 5.85. The number of primary amides is 1. The number of benzene rings is 1. The van der Waals surface area contributed by atoms with Crippen LogP contribution in [0.4, 0.5) is 13.2 Å². The third-order valence-corrected chi connectivity index (χ3v) is 10.3. The molecule has 0 aliphatic carbocycles. The van der Waals surface area contributed by atoms with E-state index >= 15 is 0 Å². The molecule has 0 atom stereocenters. The fourth-order valence-corrected chi connectivity index (χ4v) is 7.24. The van der Waals surface area contributed by atoms with Gasteiger partial charge in [-0.1, -0.05) is 0 Å². The summed E-state index contributed by atoms with van der Waals surface area (Å²) in [6.45, 7) is 3.28. The zero-order chi connectivity index (χ0) is 31.4. The number of nitrogens with zero attached hydrogens (tertiary/aromatic N) is 2. The van der Waals surface area contributed by atoms with Gasteiger partial charge in [0.05, 0.1) is 30.0 Å². The van der Waals surface area contributed by atoms with Crippen LogP contribution < -0.4 is 5.73 Å². The fraction of sp³-hybridized carbons (Fsp3) is 0.500. The number of esters is 1. The van der Waals surface area contributed by atoms with E-state index in [1.165, 1.54) is 0 Å². The van der Waals surface area contributed by atoms with E-state index in [4.69, 9.17) is 10.5 Å². The van der Waals surface area contributed by atoms with Gasteiger partial charge in [-0.3, -0.25) is 9.69 Å². The number of fused-ring (bicyclic) bond motifs is 1. The second kappa shape index (κ2) is 13.8. The van der Waals surface area contributed by atoms with E-state index in [0.29, 0.717) is 50.1 Å². The predicted octanol–water partition coefficient (Wildman–Crippen LogP) is 4.08. The number of hydrogen-bond donors (Lipinski definition) is 2. The highest BCUT2D eigenvalue weighted by Crippen LogP contribution is 2.38. The van der Waals surface area contributed by atoms with Gasteiger partial charge in [-0.2, -0.15) is 13.2 Å². The Morgan fingerprint density at radius 1 is 1.14 bits per heavy atom. The van der Waals surface area contributed by atoms with E-state index < -0.39 is 34.7 Å². The van der Waals surface area contributed by atoms with Gasteiger partial charge in [0.2, 0.25) is 10.0 Å². The van der Waals surface area contributed by atoms with Gasteiger partial charge in [-0.05, 0) is 73.0 Å². The number of piperidine rings is 1. The van der Waals surface area contributed by atoms with Gasteiger partial charge >= 0.3 is 12.1 Å². The molecule has 1 amide bonds. The minimum Gasteiger partial charge on any atom is -0.457 e. The van der Waals surface area contributed by atoms with E-state index in [-0.39, 0.29) is 24.9 Å². The van der Waals surface area contributed by atoms with Crippen molar-refractivity contribution in [3.63, 3.8) is 0 Å². The van der Waals surface area contributed by atoms with Crippen LogP contribution in [0.1, 0.15) is 46.5 Å². The maximum atomic E-state index is 12.4. The molecule has 1 saturated heterocycles. The molecule has 43 heavy (non-hydrogen) atoms. The van der Waals surface area contributed by atoms with E-state index in [2.05, 4.69) is 9.72 Å². The Balaban J connectivity index is 1.40. The number of ether oxygens (including phenoxy) is 2. The fourth-order valence-electron chi connectivity index (χ4n) is 5.14. The number of hydrogen-bond acceptors (Lipinski definition) is 8. The first kappa shape index (κ1) is 32.9. The number of likely N-dealkylation sites (N-methyl/N-ethyl adjacent to an activating group) is 1. The van der Waals surface area contributed by atoms with Gasteiger partial charge in [0.1, 0.15) is 6.61 Å². The van der Waals surface area contributed by atoms with Crippen molar-refractivity contribution in [1.82, 2.24) is 14.2 Å². The number of rotatable bonds is 13. The molecule has 0 spiro atoms. The predicted molar refractivity (Wildman–Crippen MR) is 157 cm³/mol. The van der Waals surface area contributed by atoms with Crippen LogP contribution >= 0.6 is 11.3 Å². The molecule has 0 radical (unpaired) electrons. The number of nitrogens with two attached hydrogens (primary N) is 1. The Kier molecular flexibility index (Phi) is 10.5. The molecule has 1 fully saturated rings. The molecule has 3 aromatic rings.